The third-order valence-corrected chi connectivity index (χ3v) is 6.67. The molecule has 0 spiro atoms. The van der Waals surface area contributed by atoms with Gasteiger partial charge in [0.25, 0.3) is 5.56 Å². The van der Waals surface area contributed by atoms with E-state index in [4.69, 9.17) is 18.5 Å². The second kappa shape index (κ2) is 10.9. The Hall–Kier alpha value is -2.79. The second-order valence-corrected chi connectivity index (χ2v) is 10.3. The molecule has 1 fully saturated rings. The first kappa shape index (κ1) is 26.8. The quantitative estimate of drug-likeness (QED) is 0.363. The number of hydrogen-bond acceptors (Lipinski definition) is 8. The van der Waals surface area contributed by atoms with Crippen LogP contribution in [0.4, 0.5) is 4.39 Å². The lowest BCUT2D eigenvalue weighted by Crippen LogP contribution is -2.38. The Morgan fingerprint density at radius 3 is 2.60 bits per heavy atom. The molecule has 0 amide bonds. The largest absolute Gasteiger partial charge is 0.462 e. The van der Waals surface area contributed by atoms with Crippen molar-refractivity contribution in [1.82, 2.24) is 14.6 Å². The Balaban J connectivity index is 1.75. The van der Waals surface area contributed by atoms with Gasteiger partial charge in [0.15, 0.2) is 11.9 Å². The first-order valence-corrected chi connectivity index (χ1v) is 12.6. The summed E-state index contributed by atoms with van der Waals surface area (Å²) in [4.78, 5) is 37.7. The van der Waals surface area contributed by atoms with Gasteiger partial charge < -0.3 is 14.0 Å². The van der Waals surface area contributed by atoms with E-state index in [1.54, 1.807) is 44.2 Å². The highest BCUT2D eigenvalue weighted by atomic mass is 31.2. The van der Waals surface area contributed by atoms with Crippen molar-refractivity contribution in [3.05, 3.63) is 63.4 Å². The van der Waals surface area contributed by atoms with Gasteiger partial charge >= 0.3 is 19.4 Å². The van der Waals surface area contributed by atoms with Crippen molar-refractivity contribution in [3.63, 3.8) is 0 Å². The van der Waals surface area contributed by atoms with Crippen LogP contribution in [0.25, 0.3) is 0 Å². The van der Waals surface area contributed by atoms with E-state index in [1.807, 2.05) is 0 Å². The second-order valence-electron chi connectivity index (χ2n) is 8.64. The van der Waals surface area contributed by atoms with Gasteiger partial charge in [-0.05, 0) is 39.8 Å². The molecule has 2 aromatic rings. The van der Waals surface area contributed by atoms with Crippen LogP contribution in [0.3, 0.4) is 0 Å². The van der Waals surface area contributed by atoms with Crippen LogP contribution in [0.2, 0.25) is 0 Å². The molecule has 11 nitrogen and oxygen atoms in total. The fraction of sp³-hybridized carbons (Fsp3) is 0.500. The number of para-hydroxylation sites is 1. The number of alkyl halides is 1. The number of hydrogen-bond donors (Lipinski definition) is 2. The summed E-state index contributed by atoms with van der Waals surface area (Å²) in [5.74, 6) is -0.445. The minimum atomic E-state index is -4.17. The molecule has 2 N–H and O–H groups in total. The molecule has 3 rings (SSSR count). The normalized spacial score (nSPS) is 24.6. The van der Waals surface area contributed by atoms with Crippen molar-refractivity contribution < 1.29 is 32.3 Å². The summed E-state index contributed by atoms with van der Waals surface area (Å²) in [6.07, 6.45) is -1.70. The van der Waals surface area contributed by atoms with E-state index in [2.05, 4.69) is 10.1 Å². The topological polar surface area (TPSA) is 138 Å². The average Bonchev–Trinajstić information content (AvgIpc) is 3.06. The fourth-order valence-electron chi connectivity index (χ4n) is 3.50. The summed E-state index contributed by atoms with van der Waals surface area (Å²) >= 11 is 0. The van der Waals surface area contributed by atoms with Crippen molar-refractivity contribution in [2.45, 2.75) is 64.3 Å². The highest BCUT2D eigenvalue weighted by molar-refractivity contribution is 7.52. The van der Waals surface area contributed by atoms with Gasteiger partial charge in [0.05, 0.1) is 18.8 Å². The maximum absolute atomic E-state index is 15.3. The number of rotatable bonds is 10. The Morgan fingerprint density at radius 1 is 1.29 bits per heavy atom. The summed E-state index contributed by atoms with van der Waals surface area (Å²) in [6.45, 7) is 5.67. The summed E-state index contributed by atoms with van der Waals surface area (Å²) in [5, 5.41) is 2.54. The number of halogens is 1. The number of nitrogens with one attached hydrogen (secondary N) is 2. The average molecular weight is 513 g/mol. The Labute approximate surface area is 201 Å². The zero-order valence-electron chi connectivity index (χ0n) is 19.8. The smallest absolute Gasteiger partial charge is 0.459 e. The van der Waals surface area contributed by atoms with Crippen LogP contribution in [0.1, 0.15) is 40.3 Å². The highest BCUT2D eigenvalue weighted by Gasteiger charge is 2.48. The summed E-state index contributed by atoms with van der Waals surface area (Å²) in [5.41, 5.74) is -3.45. The van der Waals surface area contributed by atoms with E-state index < -0.39 is 49.0 Å². The molecular weight excluding hydrogens is 484 g/mol. The van der Waals surface area contributed by atoms with Crippen LogP contribution in [0.15, 0.2) is 52.2 Å². The van der Waals surface area contributed by atoms with E-state index in [1.165, 1.54) is 13.8 Å². The maximum Gasteiger partial charge on any atom is 0.459 e. The summed E-state index contributed by atoms with van der Waals surface area (Å²) < 4.78 is 51.7. The van der Waals surface area contributed by atoms with Crippen LogP contribution in [0.5, 0.6) is 5.75 Å². The van der Waals surface area contributed by atoms with E-state index >= 15 is 4.39 Å². The molecule has 0 radical (unpaired) electrons. The number of carbonyl (C=O) groups is 1. The maximum atomic E-state index is 15.3. The van der Waals surface area contributed by atoms with Crippen LogP contribution < -0.4 is 20.9 Å². The number of nitrogens with zero attached hydrogens (tertiary/aromatic N) is 1. The number of benzene rings is 1. The van der Waals surface area contributed by atoms with Gasteiger partial charge in [-0.1, -0.05) is 18.2 Å². The van der Waals surface area contributed by atoms with Gasteiger partial charge in [-0.15, -0.1) is 0 Å². The van der Waals surface area contributed by atoms with Crippen molar-refractivity contribution in [1.29, 1.82) is 0 Å². The molecule has 1 aromatic carbocycles. The van der Waals surface area contributed by atoms with Gasteiger partial charge in [-0.2, -0.15) is 5.09 Å². The minimum absolute atomic E-state index is 0.195. The number of ether oxygens (including phenoxy) is 2. The molecule has 5 atom stereocenters. The Bertz CT molecular complexity index is 1180. The third kappa shape index (κ3) is 7.11. The van der Waals surface area contributed by atoms with Crippen molar-refractivity contribution >= 4 is 13.7 Å². The summed E-state index contributed by atoms with van der Waals surface area (Å²) in [6, 6.07) is 8.20. The predicted molar refractivity (Wildman–Crippen MR) is 124 cm³/mol. The molecule has 0 aliphatic carbocycles. The number of carbonyl (C=O) groups excluding carboxylic acids is 1. The molecule has 13 heteroatoms. The summed E-state index contributed by atoms with van der Waals surface area (Å²) in [7, 11) is -4.17. The molecule has 0 saturated carbocycles. The van der Waals surface area contributed by atoms with Gasteiger partial charge in [0.2, 0.25) is 0 Å². The monoisotopic (exact) mass is 513 g/mol. The van der Waals surface area contributed by atoms with Crippen molar-refractivity contribution in [2.24, 2.45) is 0 Å². The number of H-pyrrole nitrogens is 1. The zero-order valence-corrected chi connectivity index (χ0v) is 20.7. The van der Waals surface area contributed by atoms with Crippen LogP contribution in [-0.2, 0) is 23.4 Å². The molecule has 1 aliphatic rings. The molecular formula is C22H29FN3O8P. The number of aromatic amines is 1. The van der Waals surface area contributed by atoms with Crippen LogP contribution in [-0.4, -0.2) is 46.0 Å². The highest BCUT2D eigenvalue weighted by Crippen LogP contribution is 2.47. The van der Waals surface area contributed by atoms with Crippen molar-refractivity contribution in [2.75, 3.05) is 6.61 Å². The lowest BCUT2D eigenvalue weighted by Gasteiger charge is -2.24. The van der Waals surface area contributed by atoms with Gasteiger partial charge in [0.1, 0.15) is 11.8 Å². The minimum Gasteiger partial charge on any atom is -0.462 e. The van der Waals surface area contributed by atoms with E-state index in [0.29, 0.717) is 0 Å². The fourth-order valence-corrected chi connectivity index (χ4v) is 5.02. The van der Waals surface area contributed by atoms with E-state index in [9.17, 15) is 18.9 Å². The lowest BCUT2D eigenvalue weighted by molar-refractivity contribution is -0.149. The first-order valence-electron chi connectivity index (χ1n) is 11.0. The zero-order chi connectivity index (χ0) is 25.8. The lowest BCUT2D eigenvalue weighted by atomic mass is 10.0. The van der Waals surface area contributed by atoms with Gasteiger partial charge in [-0.25, -0.2) is 13.8 Å². The predicted octanol–water partition coefficient (Wildman–Crippen LogP) is 2.69. The number of aromatic nitrogens is 2. The number of esters is 1. The molecule has 1 saturated heterocycles. The SMILES string of the molecule is CC(C)OC(=O)[C@H](C)N[P@](=O)(OCC1C[C@@](C)(F)[C@H](n2ccc(=O)[nH]c2=O)O1)Oc1ccccc1. The molecule has 2 heterocycles. The molecule has 0 bridgehead atoms. The van der Waals surface area contributed by atoms with Gasteiger partial charge in [0, 0.05) is 18.7 Å². The van der Waals surface area contributed by atoms with Crippen LogP contribution in [0, 0.1) is 0 Å². The van der Waals surface area contributed by atoms with Crippen LogP contribution >= 0.6 is 7.75 Å². The molecule has 1 aliphatic heterocycles. The Kier molecular flexibility index (Phi) is 8.32. The van der Waals surface area contributed by atoms with Crippen molar-refractivity contribution in [3.8, 4) is 5.75 Å². The third-order valence-electron chi connectivity index (χ3n) is 5.02. The molecule has 1 aromatic heterocycles. The molecule has 1 unspecified atom stereocenters. The van der Waals surface area contributed by atoms with Gasteiger partial charge in [-0.3, -0.25) is 23.7 Å². The first-order chi connectivity index (χ1) is 16.4. The molecule has 192 valence electrons. The molecule has 35 heavy (non-hydrogen) atoms. The van der Waals surface area contributed by atoms with E-state index in [-0.39, 0.29) is 24.9 Å². The van der Waals surface area contributed by atoms with E-state index in [0.717, 1.165) is 16.8 Å². The standard InChI is InChI=1S/C22H29FN3O8P/c1-14(2)32-19(28)15(3)25-35(30,34-16-8-6-5-7-9-16)31-13-17-12-22(4,23)20(33-17)26-11-10-18(27)24-21(26)29/h5-11,14-15,17,20H,12-13H2,1-4H3,(H,25,30)(H,24,27,29)/t15-,17?,20+,22+,35-/m0/s1. The Morgan fingerprint density at radius 2 is 1.97 bits per heavy atom.